The molecule has 27 heavy (non-hydrogen) atoms. The molecule has 0 aliphatic carbocycles. The number of rotatable bonds is 3. The van der Waals surface area contributed by atoms with Crippen molar-refractivity contribution in [3.05, 3.63) is 73.6 Å². The van der Waals surface area contributed by atoms with E-state index < -0.39 is 0 Å². The second-order valence-corrected chi connectivity index (χ2v) is 7.54. The molecule has 2 aromatic heterocycles. The van der Waals surface area contributed by atoms with E-state index in [1.165, 1.54) is 18.4 Å². The van der Waals surface area contributed by atoms with E-state index in [-0.39, 0.29) is 11.3 Å². The SMILES string of the molecule is COc1cc(/C=c2\sc3nc(-c4ccc(Cl)cc4)cn3c2=O)cc(C)c1O. The van der Waals surface area contributed by atoms with Crippen molar-refractivity contribution in [1.29, 1.82) is 0 Å². The van der Waals surface area contributed by atoms with Gasteiger partial charge in [0.1, 0.15) is 0 Å². The third-order valence-corrected chi connectivity index (χ3v) is 5.48. The molecule has 7 heteroatoms. The molecular formula is C20H15ClN2O3S. The number of aromatic hydroxyl groups is 1. The van der Waals surface area contributed by atoms with Crippen LogP contribution in [-0.4, -0.2) is 21.6 Å². The Kier molecular flexibility index (Phi) is 4.37. The van der Waals surface area contributed by atoms with Gasteiger partial charge in [-0.3, -0.25) is 9.20 Å². The number of hydrogen-bond acceptors (Lipinski definition) is 5. The van der Waals surface area contributed by atoms with Crippen LogP contribution in [0, 0.1) is 6.92 Å². The van der Waals surface area contributed by atoms with Crippen molar-refractivity contribution in [3.63, 3.8) is 0 Å². The molecule has 136 valence electrons. The summed E-state index contributed by atoms with van der Waals surface area (Å²) in [5.41, 5.74) is 2.95. The van der Waals surface area contributed by atoms with Crippen LogP contribution in [0.2, 0.25) is 5.02 Å². The molecule has 0 amide bonds. The number of halogens is 1. The van der Waals surface area contributed by atoms with Crippen LogP contribution in [0.3, 0.4) is 0 Å². The number of ether oxygens (including phenoxy) is 1. The van der Waals surface area contributed by atoms with E-state index in [0.29, 0.717) is 25.8 Å². The molecule has 1 N–H and O–H groups in total. The molecule has 0 saturated carbocycles. The molecule has 0 radical (unpaired) electrons. The van der Waals surface area contributed by atoms with Crippen molar-refractivity contribution in [2.24, 2.45) is 0 Å². The summed E-state index contributed by atoms with van der Waals surface area (Å²) in [5, 5.41) is 10.6. The van der Waals surface area contributed by atoms with E-state index in [0.717, 1.165) is 16.8 Å². The van der Waals surface area contributed by atoms with Crippen LogP contribution in [-0.2, 0) is 0 Å². The standard InChI is InChI=1S/C20H15ClN2O3S/c1-11-7-12(8-16(26-2)18(11)24)9-17-19(25)23-10-15(22-20(23)27-17)13-3-5-14(21)6-4-13/h3-10,24H,1-2H3/b17-9-. The highest BCUT2D eigenvalue weighted by Crippen LogP contribution is 2.31. The first-order chi connectivity index (χ1) is 13.0. The lowest BCUT2D eigenvalue weighted by molar-refractivity contribution is 0.371. The maximum absolute atomic E-state index is 12.7. The monoisotopic (exact) mass is 398 g/mol. The number of phenols is 1. The predicted molar refractivity (Wildman–Crippen MR) is 108 cm³/mol. The molecule has 0 unspecified atom stereocenters. The molecule has 0 bridgehead atoms. The van der Waals surface area contributed by atoms with E-state index in [1.54, 1.807) is 47.9 Å². The lowest BCUT2D eigenvalue weighted by Crippen LogP contribution is -2.22. The number of aryl methyl sites for hydroxylation is 1. The van der Waals surface area contributed by atoms with Gasteiger partial charge in [0.2, 0.25) is 0 Å². The molecular weight excluding hydrogens is 384 g/mol. The highest BCUT2D eigenvalue weighted by Gasteiger charge is 2.11. The van der Waals surface area contributed by atoms with Gasteiger partial charge in [-0.1, -0.05) is 35.1 Å². The first-order valence-corrected chi connectivity index (χ1v) is 9.33. The summed E-state index contributed by atoms with van der Waals surface area (Å²) in [6.07, 6.45) is 3.51. The maximum atomic E-state index is 12.7. The third-order valence-electron chi connectivity index (χ3n) is 4.25. The lowest BCUT2D eigenvalue weighted by Gasteiger charge is -2.07. The Hall–Kier alpha value is -2.83. The fraction of sp³-hybridized carbons (Fsp3) is 0.100. The zero-order valence-corrected chi connectivity index (χ0v) is 16.1. The summed E-state index contributed by atoms with van der Waals surface area (Å²) in [4.78, 5) is 17.9. The Balaban J connectivity index is 1.80. The van der Waals surface area contributed by atoms with Gasteiger partial charge in [0.15, 0.2) is 16.5 Å². The Morgan fingerprint density at radius 2 is 2.00 bits per heavy atom. The summed E-state index contributed by atoms with van der Waals surface area (Å²) >= 11 is 7.24. The molecule has 2 heterocycles. The predicted octanol–water partition coefficient (Wildman–Crippen LogP) is 3.65. The first kappa shape index (κ1) is 17.6. The van der Waals surface area contributed by atoms with Crippen molar-refractivity contribution in [2.75, 3.05) is 7.11 Å². The van der Waals surface area contributed by atoms with Crippen molar-refractivity contribution in [3.8, 4) is 22.8 Å². The van der Waals surface area contributed by atoms with Crippen LogP contribution in [0.15, 0.2) is 47.4 Å². The van der Waals surface area contributed by atoms with E-state index in [2.05, 4.69) is 4.98 Å². The highest BCUT2D eigenvalue weighted by molar-refractivity contribution is 7.15. The number of fused-ring (bicyclic) bond motifs is 1. The van der Waals surface area contributed by atoms with E-state index >= 15 is 0 Å². The number of hydrogen-bond donors (Lipinski definition) is 1. The Morgan fingerprint density at radius 3 is 2.67 bits per heavy atom. The Labute approximate surface area is 163 Å². The summed E-state index contributed by atoms with van der Waals surface area (Å²) in [6.45, 7) is 1.78. The van der Waals surface area contributed by atoms with Gasteiger partial charge in [0.25, 0.3) is 5.56 Å². The van der Waals surface area contributed by atoms with Crippen LogP contribution in [0.4, 0.5) is 0 Å². The maximum Gasteiger partial charge on any atom is 0.274 e. The fourth-order valence-corrected chi connectivity index (χ4v) is 3.94. The van der Waals surface area contributed by atoms with Crippen LogP contribution < -0.4 is 14.8 Å². The minimum atomic E-state index is -0.132. The zero-order chi connectivity index (χ0) is 19.1. The van der Waals surface area contributed by atoms with Gasteiger partial charge in [0, 0.05) is 16.8 Å². The second kappa shape index (κ2) is 6.72. The number of benzene rings is 2. The Bertz CT molecular complexity index is 1260. The van der Waals surface area contributed by atoms with Gasteiger partial charge in [-0.25, -0.2) is 4.98 Å². The second-order valence-electron chi connectivity index (χ2n) is 6.09. The molecule has 0 aliphatic rings. The molecule has 0 aliphatic heterocycles. The van der Waals surface area contributed by atoms with Crippen LogP contribution >= 0.6 is 22.9 Å². The van der Waals surface area contributed by atoms with Gasteiger partial charge < -0.3 is 9.84 Å². The molecule has 0 fully saturated rings. The summed E-state index contributed by atoms with van der Waals surface area (Å²) in [7, 11) is 1.49. The number of phenolic OH excluding ortho intramolecular Hbond substituents is 1. The molecule has 5 nitrogen and oxygen atoms in total. The van der Waals surface area contributed by atoms with Crippen molar-refractivity contribution >= 4 is 34.0 Å². The summed E-state index contributed by atoms with van der Waals surface area (Å²) in [6, 6.07) is 10.8. The largest absolute Gasteiger partial charge is 0.504 e. The summed E-state index contributed by atoms with van der Waals surface area (Å²) < 4.78 is 7.29. The number of thiazole rings is 1. The zero-order valence-electron chi connectivity index (χ0n) is 14.6. The van der Waals surface area contributed by atoms with Gasteiger partial charge in [-0.05, 0) is 48.4 Å². The molecule has 4 aromatic rings. The highest BCUT2D eigenvalue weighted by atomic mass is 35.5. The van der Waals surface area contributed by atoms with E-state index in [1.807, 2.05) is 12.1 Å². The minimum absolute atomic E-state index is 0.102. The summed E-state index contributed by atoms with van der Waals surface area (Å²) in [5.74, 6) is 0.477. The Morgan fingerprint density at radius 1 is 1.26 bits per heavy atom. The fourth-order valence-electron chi connectivity index (χ4n) is 2.86. The number of imidazole rings is 1. The number of nitrogens with zero attached hydrogens (tertiary/aromatic N) is 2. The number of methoxy groups -OCH3 is 1. The first-order valence-electron chi connectivity index (χ1n) is 8.13. The van der Waals surface area contributed by atoms with Gasteiger partial charge in [-0.2, -0.15) is 0 Å². The van der Waals surface area contributed by atoms with Crippen LogP contribution in [0.5, 0.6) is 11.5 Å². The third kappa shape index (κ3) is 3.18. The number of aromatic nitrogens is 2. The van der Waals surface area contributed by atoms with Gasteiger partial charge in [0.05, 0.1) is 17.3 Å². The van der Waals surface area contributed by atoms with Gasteiger partial charge >= 0.3 is 0 Å². The van der Waals surface area contributed by atoms with Crippen LogP contribution in [0.25, 0.3) is 22.3 Å². The topological polar surface area (TPSA) is 63.8 Å². The van der Waals surface area contributed by atoms with Crippen molar-refractivity contribution in [2.45, 2.75) is 6.92 Å². The molecule has 0 spiro atoms. The van der Waals surface area contributed by atoms with Crippen molar-refractivity contribution in [1.82, 2.24) is 9.38 Å². The molecule has 0 atom stereocenters. The molecule has 4 rings (SSSR count). The molecule has 0 saturated heterocycles. The van der Waals surface area contributed by atoms with Crippen LogP contribution in [0.1, 0.15) is 11.1 Å². The lowest BCUT2D eigenvalue weighted by atomic mass is 10.1. The molecule has 2 aromatic carbocycles. The van der Waals surface area contributed by atoms with E-state index in [4.69, 9.17) is 16.3 Å². The van der Waals surface area contributed by atoms with Gasteiger partial charge in [-0.15, -0.1) is 0 Å². The quantitative estimate of drug-likeness (QED) is 0.572. The average molecular weight is 399 g/mol. The minimum Gasteiger partial charge on any atom is -0.504 e. The average Bonchev–Trinajstić information content (AvgIpc) is 3.18. The normalized spacial score (nSPS) is 12.0. The van der Waals surface area contributed by atoms with Crippen molar-refractivity contribution < 1.29 is 9.84 Å². The smallest absolute Gasteiger partial charge is 0.274 e. The van der Waals surface area contributed by atoms with E-state index in [9.17, 15) is 9.90 Å².